The number of carbonyl (C=O) groups excluding carboxylic acids is 4. The van der Waals surface area contributed by atoms with Crippen LogP contribution in [0.4, 0.5) is 4.79 Å². The first-order chi connectivity index (χ1) is 26.4. The highest BCUT2D eigenvalue weighted by atomic mass is 16.5. The van der Waals surface area contributed by atoms with E-state index < -0.39 is 47.9 Å². The Labute approximate surface area is 316 Å². The number of ketones is 1. The van der Waals surface area contributed by atoms with Gasteiger partial charge in [0, 0.05) is 19.6 Å². The third kappa shape index (κ3) is 10.5. The molecule has 54 heavy (non-hydrogen) atoms. The molecule has 0 spiro atoms. The van der Waals surface area contributed by atoms with Gasteiger partial charge >= 0.3 is 6.09 Å². The number of alkyl carbamates (subject to hydrolysis) is 1. The van der Waals surface area contributed by atoms with Gasteiger partial charge < -0.3 is 35.2 Å². The number of carbonyl (C=O) groups is 4. The zero-order valence-corrected chi connectivity index (χ0v) is 30.7. The molecular weight excluding hydrogens is 686 g/mol. The van der Waals surface area contributed by atoms with Crippen molar-refractivity contribution in [3.8, 4) is 0 Å². The summed E-state index contributed by atoms with van der Waals surface area (Å²) in [6, 6.07) is 23.2. The number of hydrogen-bond donors (Lipinski definition) is 3. The van der Waals surface area contributed by atoms with Gasteiger partial charge in [-0.2, -0.15) is 0 Å². The molecule has 3 aromatic carbocycles. The van der Waals surface area contributed by atoms with E-state index in [1.165, 1.54) is 17.7 Å². The van der Waals surface area contributed by atoms with E-state index in [2.05, 4.69) is 15.6 Å². The Morgan fingerprint density at radius 2 is 1.56 bits per heavy atom. The zero-order valence-electron chi connectivity index (χ0n) is 30.7. The van der Waals surface area contributed by atoms with Crippen LogP contribution in [0.25, 0.3) is 11.1 Å². The zero-order chi connectivity index (χ0) is 37.7. The summed E-state index contributed by atoms with van der Waals surface area (Å²) in [4.78, 5) is 61.7. The number of rotatable bonds is 18. The summed E-state index contributed by atoms with van der Waals surface area (Å²) in [7, 11) is 0. The highest BCUT2D eigenvalue weighted by Gasteiger charge is 2.44. The van der Waals surface area contributed by atoms with Crippen LogP contribution in [0.5, 0.6) is 0 Å². The first kappa shape index (κ1) is 38.6. The molecule has 1 aliphatic carbocycles. The number of aromatic nitrogens is 1. The van der Waals surface area contributed by atoms with Crippen molar-refractivity contribution in [1.82, 2.24) is 20.5 Å². The molecule has 0 bridgehead atoms. The highest BCUT2D eigenvalue weighted by Crippen LogP contribution is 2.28. The summed E-state index contributed by atoms with van der Waals surface area (Å²) in [5.74, 6) is -0.996. The lowest BCUT2D eigenvalue weighted by Crippen LogP contribution is -2.55. The molecule has 12 heteroatoms. The Bertz CT molecular complexity index is 1800. The van der Waals surface area contributed by atoms with E-state index in [-0.39, 0.29) is 31.9 Å². The van der Waals surface area contributed by atoms with Gasteiger partial charge in [-0.3, -0.25) is 14.4 Å². The molecule has 2 fully saturated rings. The Kier molecular flexibility index (Phi) is 13.8. The Morgan fingerprint density at radius 3 is 2.28 bits per heavy atom. The molecule has 1 aromatic heterocycles. The molecule has 286 valence electrons. The van der Waals surface area contributed by atoms with E-state index in [9.17, 15) is 19.2 Å². The van der Waals surface area contributed by atoms with Crippen LogP contribution in [0, 0.1) is 5.92 Å². The summed E-state index contributed by atoms with van der Waals surface area (Å²) in [6.45, 7) is 1.20. The van der Waals surface area contributed by atoms with Crippen LogP contribution >= 0.6 is 0 Å². The smallest absolute Gasteiger partial charge is 0.408 e. The number of nitrogens with zero attached hydrogens (tertiary/aromatic N) is 2. The number of benzene rings is 3. The fourth-order valence-corrected chi connectivity index (χ4v) is 7.34. The standard InChI is InChI=1S/C42H51N5O7/c43-24-12-11-20-34(38(48)40-45-33-19-9-10-21-37(33)54-40)44-39(49)36-25-32(52-27-30-17-7-8-18-30)26-47(36)41(50)35(23-22-29-13-3-1-4-14-29)46-42(51)53-28-31-15-5-2-6-16-31/h1-6,9-10,13-16,19,21,30,32,34-36H,7-8,11-12,17-18,20,22-28,43H2,(H,44,49)(H,46,51)/t32-,34+,35-,36+/m1/s1. The van der Waals surface area contributed by atoms with Gasteiger partial charge in [-0.1, -0.05) is 85.6 Å². The van der Waals surface area contributed by atoms with Crippen molar-refractivity contribution in [2.24, 2.45) is 11.7 Å². The Morgan fingerprint density at radius 1 is 0.852 bits per heavy atom. The van der Waals surface area contributed by atoms with Crippen molar-refractivity contribution in [3.63, 3.8) is 0 Å². The molecule has 0 unspecified atom stereocenters. The van der Waals surface area contributed by atoms with E-state index in [4.69, 9.17) is 19.6 Å². The summed E-state index contributed by atoms with van der Waals surface area (Å²) < 4.78 is 17.7. The molecule has 1 saturated carbocycles. The minimum absolute atomic E-state index is 0.0394. The van der Waals surface area contributed by atoms with Gasteiger partial charge in [0.25, 0.3) is 5.89 Å². The summed E-state index contributed by atoms with van der Waals surface area (Å²) in [5.41, 5.74) is 8.59. The van der Waals surface area contributed by atoms with Crippen LogP contribution in [-0.4, -0.2) is 77.5 Å². The molecule has 4 aromatic rings. The first-order valence-electron chi connectivity index (χ1n) is 19.2. The molecule has 2 heterocycles. The number of nitrogens with two attached hydrogens (primary N) is 1. The van der Waals surface area contributed by atoms with Gasteiger partial charge in [-0.25, -0.2) is 9.78 Å². The number of oxazole rings is 1. The maximum atomic E-state index is 14.6. The second-order valence-corrected chi connectivity index (χ2v) is 14.3. The van der Waals surface area contributed by atoms with Gasteiger partial charge in [-0.05, 0) is 80.7 Å². The second kappa shape index (κ2) is 19.3. The molecule has 4 N–H and O–H groups in total. The van der Waals surface area contributed by atoms with Gasteiger partial charge in [0.1, 0.15) is 24.2 Å². The van der Waals surface area contributed by atoms with Crippen molar-refractivity contribution in [1.29, 1.82) is 0 Å². The molecule has 6 rings (SSSR count). The predicted molar refractivity (Wildman–Crippen MR) is 203 cm³/mol. The largest absolute Gasteiger partial charge is 0.445 e. The number of ether oxygens (including phenoxy) is 2. The first-order valence-corrected chi connectivity index (χ1v) is 19.2. The third-order valence-corrected chi connectivity index (χ3v) is 10.3. The van der Waals surface area contributed by atoms with Crippen molar-refractivity contribution in [2.45, 2.75) is 95.0 Å². The van der Waals surface area contributed by atoms with Crippen LogP contribution in [0.2, 0.25) is 0 Å². The number of hydrogen-bond acceptors (Lipinski definition) is 9. The van der Waals surface area contributed by atoms with E-state index in [1.54, 1.807) is 18.2 Å². The minimum Gasteiger partial charge on any atom is -0.445 e. The molecule has 12 nitrogen and oxygen atoms in total. The number of aryl methyl sites for hydroxylation is 1. The number of para-hydroxylation sites is 2. The van der Waals surface area contributed by atoms with Crippen LogP contribution in [-0.2, 0) is 32.1 Å². The normalized spacial score (nSPS) is 18.4. The molecule has 3 amide bonds. The van der Waals surface area contributed by atoms with Crippen molar-refractivity contribution in [2.75, 3.05) is 19.7 Å². The van der Waals surface area contributed by atoms with E-state index in [0.29, 0.717) is 55.9 Å². The van der Waals surface area contributed by atoms with Gasteiger partial charge in [-0.15, -0.1) is 0 Å². The average Bonchev–Trinajstić information content (AvgIpc) is 3.98. The van der Waals surface area contributed by atoms with E-state index in [0.717, 1.165) is 24.0 Å². The Balaban J connectivity index is 1.21. The van der Waals surface area contributed by atoms with Gasteiger partial charge in [0.2, 0.25) is 17.6 Å². The minimum atomic E-state index is -0.987. The molecule has 2 aliphatic rings. The lowest BCUT2D eigenvalue weighted by Gasteiger charge is -2.29. The summed E-state index contributed by atoms with van der Waals surface area (Å²) >= 11 is 0. The highest BCUT2D eigenvalue weighted by molar-refractivity contribution is 6.01. The topological polar surface area (TPSA) is 166 Å². The van der Waals surface area contributed by atoms with E-state index in [1.807, 2.05) is 66.7 Å². The fourth-order valence-electron chi connectivity index (χ4n) is 7.34. The lowest BCUT2D eigenvalue weighted by molar-refractivity contribution is -0.140. The summed E-state index contributed by atoms with van der Waals surface area (Å²) in [5, 5.41) is 5.75. The SMILES string of the molecule is NCCCC[C@H](NC(=O)[C@@H]1C[C@@H](OCC2CCCC2)CN1C(=O)[C@@H](CCc1ccccc1)NC(=O)OCc1ccccc1)C(=O)c1nc2ccccc2o1. The summed E-state index contributed by atoms with van der Waals surface area (Å²) in [6.07, 6.45) is 6.00. The predicted octanol–water partition coefficient (Wildman–Crippen LogP) is 5.73. The number of amides is 3. The van der Waals surface area contributed by atoms with Crippen molar-refractivity contribution < 1.29 is 33.1 Å². The van der Waals surface area contributed by atoms with Gasteiger partial charge in [0.05, 0.1) is 12.1 Å². The van der Waals surface area contributed by atoms with Gasteiger partial charge in [0.15, 0.2) is 5.58 Å². The number of Topliss-reactive ketones (excluding diaryl/α,β-unsaturated/α-hetero) is 1. The molecule has 4 atom stereocenters. The number of unbranched alkanes of at least 4 members (excludes halogenated alkanes) is 1. The lowest BCUT2D eigenvalue weighted by atomic mass is 10.0. The van der Waals surface area contributed by atoms with Crippen molar-refractivity contribution in [3.05, 3.63) is 102 Å². The Hall–Kier alpha value is -5.07. The van der Waals surface area contributed by atoms with E-state index >= 15 is 0 Å². The van der Waals surface area contributed by atoms with Crippen LogP contribution in [0.1, 0.15) is 79.6 Å². The second-order valence-electron chi connectivity index (χ2n) is 14.3. The molecule has 0 radical (unpaired) electrons. The quantitative estimate of drug-likeness (QED) is 0.0854. The number of fused-ring (bicyclic) bond motifs is 1. The molecule has 1 saturated heterocycles. The number of likely N-dealkylation sites (tertiary alicyclic amines) is 1. The molecule has 1 aliphatic heterocycles. The van der Waals surface area contributed by atoms with Crippen LogP contribution < -0.4 is 16.4 Å². The third-order valence-electron chi connectivity index (χ3n) is 10.3. The van der Waals surface area contributed by atoms with Crippen molar-refractivity contribution >= 4 is 34.8 Å². The van der Waals surface area contributed by atoms with Crippen LogP contribution in [0.3, 0.4) is 0 Å². The fraction of sp³-hybridized carbons (Fsp3) is 0.452. The maximum Gasteiger partial charge on any atom is 0.408 e. The number of nitrogens with one attached hydrogen (secondary N) is 2. The van der Waals surface area contributed by atoms with Crippen LogP contribution in [0.15, 0.2) is 89.3 Å². The monoisotopic (exact) mass is 737 g/mol. The maximum absolute atomic E-state index is 14.6. The average molecular weight is 738 g/mol. The molecular formula is C42H51N5O7.